The highest BCUT2D eigenvalue weighted by molar-refractivity contribution is 6.83. The van der Waals surface area contributed by atoms with E-state index in [9.17, 15) is 0 Å². The van der Waals surface area contributed by atoms with Crippen LogP contribution in [0.4, 0.5) is 0 Å². The Balaban J connectivity index is 3.96. The van der Waals surface area contributed by atoms with E-state index in [0.717, 1.165) is 0 Å². The highest BCUT2D eigenvalue weighted by Crippen LogP contribution is 2.28. The lowest BCUT2D eigenvalue weighted by Crippen LogP contribution is -2.32. The average Bonchev–Trinajstić information content (AvgIpc) is 2.25. The summed E-state index contributed by atoms with van der Waals surface area (Å²) >= 11 is 0. The zero-order chi connectivity index (χ0) is 14.2. The number of hydrogen-bond acceptors (Lipinski definition) is 0. The van der Waals surface area contributed by atoms with Crippen LogP contribution in [0.2, 0.25) is 69.5 Å². The molecule has 0 radical (unpaired) electrons. The minimum absolute atomic E-state index is 0.314. The van der Waals surface area contributed by atoms with Crippen molar-refractivity contribution in [2.24, 2.45) is 0 Å². The fourth-order valence-electron chi connectivity index (χ4n) is 2.46. The van der Waals surface area contributed by atoms with Crippen molar-refractivity contribution in [3.63, 3.8) is 0 Å². The van der Waals surface area contributed by atoms with Crippen molar-refractivity contribution >= 4 is 24.9 Å². The third kappa shape index (κ3) is 10.6. The molecule has 0 spiro atoms. The van der Waals surface area contributed by atoms with Crippen LogP contribution in [0.15, 0.2) is 0 Å². The van der Waals surface area contributed by atoms with Gasteiger partial charge in [0.15, 0.2) is 0 Å². The maximum absolute atomic E-state index is 2.64. The van der Waals surface area contributed by atoms with E-state index in [2.05, 4.69) is 46.2 Å². The molecule has 0 atom stereocenters. The minimum atomic E-state index is -0.861. The van der Waals surface area contributed by atoms with E-state index in [-0.39, 0.29) is 8.80 Å². The van der Waals surface area contributed by atoms with Gasteiger partial charge >= 0.3 is 0 Å². The molecule has 0 aliphatic heterocycles. The lowest BCUT2D eigenvalue weighted by Gasteiger charge is -2.29. The Morgan fingerprint density at radius 2 is 1.22 bits per heavy atom. The number of hydrogen-bond donors (Lipinski definition) is 0. The molecule has 0 aliphatic carbocycles. The molecule has 0 rings (SSSR count). The largest absolute Gasteiger partial charge is 0.0722 e. The summed E-state index contributed by atoms with van der Waals surface area (Å²) in [5, 5.41) is 0. The smallest absolute Gasteiger partial charge is 0.0470 e. The van der Waals surface area contributed by atoms with Gasteiger partial charge in [0.2, 0.25) is 0 Å². The average molecular weight is 303 g/mol. The van der Waals surface area contributed by atoms with Crippen molar-refractivity contribution in [1.82, 2.24) is 0 Å². The van der Waals surface area contributed by atoms with Gasteiger partial charge in [-0.05, 0) is 0 Å². The number of rotatable bonds is 10. The zero-order valence-electron chi connectivity index (χ0n) is 14.2. The van der Waals surface area contributed by atoms with E-state index in [1.807, 2.05) is 0 Å². The Labute approximate surface area is 121 Å². The van der Waals surface area contributed by atoms with E-state index in [1.54, 1.807) is 30.2 Å². The molecule has 0 saturated carbocycles. The Kier molecular flexibility index (Phi) is 9.06. The van der Waals surface area contributed by atoms with Crippen LogP contribution in [-0.4, -0.2) is 24.9 Å². The third-order valence-corrected chi connectivity index (χ3v) is 13.4. The van der Waals surface area contributed by atoms with E-state index in [1.165, 1.54) is 19.3 Å². The molecule has 0 aromatic rings. The van der Waals surface area contributed by atoms with E-state index >= 15 is 0 Å². The predicted molar refractivity (Wildman–Crippen MR) is 97.4 cm³/mol. The van der Waals surface area contributed by atoms with Gasteiger partial charge in [-0.25, -0.2) is 0 Å². The first-order valence-electron chi connectivity index (χ1n) is 8.18. The summed E-state index contributed by atoms with van der Waals surface area (Å²) in [4.78, 5) is 0. The van der Waals surface area contributed by atoms with Gasteiger partial charge in [0.1, 0.15) is 0 Å². The van der Waals surface area contributed by atoms with Crippen molar-refractivity contribution < 1.29 is 0 Å². The van der Waals surface area contributed by atoms with Gasteiger partial charge in [-0.2, -0.15) is 0 Å². The molecule has 18 heavy (non-hydrogen) atoms. The van der Waals surface area contributed by atoms with Crippen LogP contribution in [-0.2, 0) is 0 Å². The van der Waals surface area contributed by atoms with Gasteiger partial charge < -0.3 is 0 Å². The molecule has 0 saturated heterocycles. The molecule has 110 valence electrons. The van der Waals surface area contributed by atoms with Crippen molar-refractivity contribution in [3.05, 3.63) is 0 Å². The molecule has 0 fully saturated rings. The first-order valence-corrected chi connectivity index (χ1v) is 18.1. The summed E-state index contributed by atoms with van der Waals surface area (Å²) in [7, 11) is -2.03. The second-order valence-corrected chi connectivity index (χ2v) is 22.2. The summed E-state index contributed by atoms with van der Waals surface area (Å²) in [5.74, 6) is 0. The zero-order valence-corrected chi connectivity index (χ0v) is 17.4. The summed E-state index contributed by atoms with van der Waals surface area (Å²) in [6.07, 6.45) is 4.33. The van der Waals surface area contributed by atoms with Crippen LogP contribution in [0.1, 0.15) is 26.2 Å². The van der Waals surface area contributed by atoms with Crippen molar-refractivity contribution in [2.45, 2.75) is 95.7 Å². The fraction of sp³-hybridized carbons (Fsp3) is 1.00. The Hall–Kier alpha value is 0.651. The van der Waals surface area contributed by atoms with Crippen LogP contribution >= 0.6 is 0 Å². The highest BCUT2D eigenvalue weighted by atomic mass is 28.3. The molecule has 0 heterocycles. The second-order valence-electron chi connectivity index (χ2n) is 8.22. The molecule has 0 N–H and O–H groups in total. The molecule has 0 nitrogen and oxygen atoms in total. The first-order chi connectivity index (χ1) is 8.18. The molecule has 0 aliphatic rings. The van der Waals surface area contributed by atoms with Crippen molar-refractivity contribution in [3.8, 4) is 0 Å². The maximum atomic E-state index is 2.64. The highest BCUT2D eigenvalue weighted by Gasteiger charge is 2.26. The summed E-state index contributed by atoms with van der Waals surface area (Å²) in [6.45, 7) is 17.9. The van der Waals surface area contributed by atoms with Crippen LogP contribution in [0.5, 0.6) is 0 Å². The third-order valence-electron chi connectivity index (χ3n) is 4.33. The van der Waals surface area contributed by atoms with Gasteiger partial charge in [-0.3, -0.25) is 0 Å². The van der Waals surface area contributed by atoms with Gasteiger partial charge in [0.05, 0.1) is 0 Å². The van der Waals surface area contributed by atoms with E-state index < -0.39 is 16.1 Å². The van der Waals surface area contributed by atoms with Gasteiger partial charge in [0.25, 0.3) is 0 Å². The van der Waals surface area contributed by atoms with E-state index in [0.29, 0.717) is 0 Å². The molecule has 0 unspecified atom stereocenters. The van der Waals surface area contributed by atoms with Gasteiger partial charge in [0, 0.05) is 24.9 Å². The lowest BCUT2D eigenvalue weighted by molar-refractivity contribution is 0.761. The molecule has 0 aromatic carbocycles. The van der Waals surface area contributed by atoms with Crippen LogP contribution < -0.4 is 0 Å². The normalized spacial score (nSPS) is 13.3. The summed E-state index contributed by atoms with van der Waals surface area (Å²) in [5.41, 5.74) is 0. The molecule has 0 aromatic heterocycles. The standard InChI is InChI=1S/C15H38Si3/c1-8-9-10-12-17(4,5)14-15-18(6,7)13-11-16(2)3/h16H,8-15H2,1-7H3. The van der Waals surface area contributed by atoms with Crippen LogP contribution in [0.25, 0.3) is 0 Å². The fourth-order valence-corrected chi connectivity index (χ4v) is 15.0. The predicted octanol–water partition coefficient (Wildman–Crippen LogP) is 6.08. The van der Waals surface area contributed by atoms with Crippen molar-refractivity contribution in [2.75, 3.05) is 0 Å². The summed E-state index contributed by atoms with van der Waals surface area (Å²) in [6, 6.07) is 7.99. The monoisotopic (exact) mass is 302 g/mol. The Morgan fingerprint density at radius 1 is 0.722 bits per heavy atom. The molecular weight excluding hydrogens is 264 g/mol. The Bertz CT molecular complexity index is 210. The molecular formula is C15H38Si3. The Morgan fingerprint density at radius 3 is 1.67 bits per heavy atom. The van der Waals surface area contributed by atoms with E-state index in [4.69, 9.17) is 0 Å². The van der Waals surface area contributed by atoms with Gasteiger partial charge in [-0.1, -0.05) is 95.7 Å². The second kappa shape index (κ2) is 8.75. The quantitative estimate of drug-likeness (QED) is 0.339. The molecule has 0 bridgehead atoms. The lowest BCUT2D eigenvalue weighted by atomic mass is 10.3. The SMILES string of the molecule is CCCCC[Si](C)(C)CC[Si](C)(C)CC[SiH](C)C. The first kappa shape index (κ1) is 18.7. The number of unbranched alkanes of at least 4 members (excludes halogenated alkanes) is 2. The van der Waals surface area contributed by atoms with Gasteiger partial charge in [-0.15, -0.1) is 0 Å². The topological polar surface area (TPSA) is 0 Å². The molecule has 0 amide bonds. The maximum Gasteiger partial charge on any atom is 0.0470 e. The molecule has 3 heteroatoms. The van der Waals surface area contributed by atoms with Crippen molar-refractivity contribution in [1.29, 1.82) is 0 Å². The summed E-state index contributed by atoms with van der Waals surface area (Å²) < 4.78 is 0. The minimum Gasteiger partial charge on any atom is -0.0722 e. The van der Waals surface area contributed by atoms with Crippen LogP contribution in [0, 0.1) is 0 Å². The van der Waals surface area contributed by atoms with Crippen LogP contribution in [0.3, 0.4) is 0 Å².